The van der Waals surface area contributed by atoms with E-state index in [0.717, 1.165) is 35.4 Å². The lowest BCUT2D eigenvalue weighted by Crippen LogP contribution is -2.31. The Bertz CT molecular complexity index is 832. The van der Waals surface area contributed by atoms with Gasteiger partial charge in [0.25, 0.3) is 0 Å². The second-order valence-electron chi connectivity index (χ2n) is 6.01. The molecule has 2 aromatic rings. The van der Waals surface area contributed by atoms with Crippen LogP contribution in [-0.2, 0) is 0 Å². The lowest BCUT2D eigenvalue weighted by molar-refractivity contribution is 0.177. The van der Waals surface area contributed by atoms with Crippen LogP contribution in [0.4, 0.5) is 0 Å². The molecule has 1 unspecified atom stereocenters. The summed E-state index contributed by atoms with van der Waals surface area (Å²) in [5.41, 5.74) is 2.20. The van der Waals surface area contributed by atoms with Gasteiger partial charge in [0.15, 0.2) is 0 Å². The predicted molar refractivity (Wildman–Crippen MR) is 91.9 cm³/mol. The van der Waals surface area contributed by atoms with E-state index in [1.807, 2.05) is 45.1 Å². The van der Waals surface area contributed by atoms with Gasteiger partial charge in [-0.1, -0.05) is 12.2 Å². The molecule has 0 saturated carbocycles. The molecule has 23 heavy (non-hydrogen) atoms. The molecule has 120 valence electrons. The van der Waals surface area contributed by atoms with E-state index in [2.05, 4.69) is 17.2 Å². The molecule has 4 heteroatoms. The molecule has 2 heterocycles. The molecule has 0 radical (unpaired) electrons. The molecule has 1 aromatic carbocycles. The normalized spacial score (nSPS) is 15.2. The summed E-state index contributed by atoms with van der Waals surface area (Å²) >= 11 is 0. The highest BCUT2D eigenvalue weighted by molar-refractivity contribution is 5.82. The van der Waals surface area contributed by atoms with Gasteiger partial charge in [-0.3, -0.25) is 0 Å². The molecular weight excluding hydrogens is 290 g/mol. The summed E-state index contributed by atoms with van der Waals surface area (Å²) in [7, 11) is 0. The molecule has 0 spiro atoms. The Kier molecular flexibility index (Phi) is 4.24. The molecule has 1 aliphatic heterocycles. The van der Waals surface area contributed by atoms with Gasteiger partial charge in [-0.15, -0.1) is 0 Å². The number of ether oxygens (including phenoxy) is 1. The number of allylic oxidation sites excluding steroid dienone is 2. The molecule has 0 bridgehead atoms. The van der Waals surface area contributed by atoms with Crippen LogP contribution in [0.1, 0.15) is 18.1 Å². The average molecular weight is 311 g/mol. The van der Waals surface area contributed by atoms with Crippen molar-refractivity contribution < 1.29 is 9.15 Å². The van der Waals surface area contributed by atoms with Crippen molar-refractivity contribution in [1.82, 2.24) is 4.90 Å². The first kappa shape index (κ1) is 15.4. The number of fused-ring (bicyclic) bond motifs is 1. The highest BCUT2D eigenvalue weighted by atomic mass is 16.5. The Hall–Kier alpha value is -2.49. The van der Waals surface area contributed by atoms with Crippen molar-refractivity contribution in [2.75, 3.05) is 13.1 Å². The molecule has 0 amide bonds. The third-order valence-corrected chi connectivity index (χ3v) is 3.95. The first-order valence-electron chi connectivity index (χ1n) is 7.82. The number of benzene rings is 1. The van der Waals surface area contributed by atoms with Crippen LogP contribution in [0, 0.1) is 13.8 Å². The fraction of sp³-hybridized carbons (Fsp3) is 0.316. The SMILES string of the molecule is Cc1cc2c(C)cc(=O)oc2cc1OC(C)CN1C=CC=CC1. The summed E-state index contributed by atoms with van der Waals surface area (Å²) in [6.07, 6.45) is 8.27. The van der Waals surface area contributed by atoms with Crippen LogP contribution in [0.5, 0.6) is 5.75 Å². The lowest BCUT2D eigenvalue weighted by atomic mass is 10.1. The van der Waals surface area contributed by atoms with E-state index in [0.29, 0.717) is 5.58 Å². The van der Waals surface area contributed by atoms with Crippen molar-refractivity contribution >= 4 is 11.0 Å². The van der Waals surface area contributed by atoms with Crippen LogP contribution in [0.15, 0.2) is 51.8 Å². The van der Waals surface area contributed by atoms with Crippen molar-refractivity contribution in [3.8, 4) is 5.75 Å². The van der Waals surface area contributed by atoms with Gasteiger partial charge in [0.2, 0.25) is 0 Å². The largest absolute Gasteiger partial charge is 0.488 e. The highest BCUT2D eigenvalue weighted by Gasteiger charge is 2.13. The summed E-state index contributed by atoms with van der Waals surface area (Å²) in [6, 6.07) is 5.35. The molecule has 1 aliphatic rings. The number of aryl methyl sites for hydroxylation is 2. The van der Waals surface area contributed by atoms with E-state index in [1.54, 1.807) is 0 Å². The quantitative estimate of drug-likeness (QED) is 0.810. The molecule has 4 nitrogen and oxygen atoms in total. The van der Waals surface area contributed by atoms with E-state index in [4.69, 9.17) is 9.15 Å². The lowest BCUT2D eigenvalue weighted by Gasteiger charge is -2.25. The third kappa shape index (κ3) is 3.47. The van der Waals surface area contributed by atoms with Gasteiger partial charge >= 0.3 is 5.63 Å². The van der Waals surface area contributed by atoms with E-state index in [-0.39, 0.29) is 11.7 Å². The minimum Gasteiger partial charge on any atom is -0.488 e. The zero-order valence-corrected chi connectivity index (χ0v) is 13.7. The van der Waals surface area contributed by atoms with E-state index in [9.17, 15) is 4.79 Å². The van der Waals surface area contributed by atoms with Crippen LogP contribution >= 0.6 is 0 Å². The van der Waals surface area contributed by atoms with Gasteiger partial charge in [0.05, 0.1) is 6.54 Å². The van der Waals surface area contributed by atoms with Crippen molar-refractivity contribution in [3.05, 3.63) is 64.2 Å². The summed E-state index contributed by atoms with van der Waals surface area (Å²) in [5, 5.41) is 0.950. The van der Waals surface area contributed by atoms with Gasteiger partial charge in [-0.05, 0) is 50.2 Å². The van der Waals surface area contributed by atoms with Gasteiger partial charge in [0.1, 0.15) is 17.4 Å². The first-order chi connectivity index (χ1) is 11.0. The minimum absolute atomic E-state index is 0.0267. The molecule has 0 aliphatic carbocycles. The average Bonchev–Trinajstić information content (AvgIpc) is 2.50. The standard InChI is InChI=1S/C19H21NO3/c1-13-10-19(21)23-18-11-17(14(2)9-16(13)18)22-15(3)12-20-7-5-4-6-8-20/h4-7,9-11,15H,8,12H2,1-3H3. The van der Waals surface area contributed by atoms with Crippen LogP contribution < -0.4 is 10.4 Å². The summed E-state index contributed by atoms with van der Waals surface area (Å²) < 4.78 is 11.4. The van der Waals surface area contributed by atoms with Crippen LogP contribution in [0.2, 0.25) is 0 Å². The smallest absolute Gasteiger partial charge is 0.336 e. The maximum atomic E-state index is 11.6. The van der Waals surface area contributed by atoms with E-state index in [1.165, 1.54) is 6.07 Å². The number of nitrogens with zero attached hydrogens (tertiary/aromatic N) is 1. The number of rotatable bonds is 4. The Morgan fingerprint density at radius 1 is 1.22 bits per heavy atom. The van der Waals surface area contributed by atoms with Crippen LogP contribution in [0.3, 0.4) is 0 Å². The summed E-state index contributed by atoms with van der Waals surface area (Å²) in [5.74, 6) is 0.760. The van der Waals surface area contributed by atoms with E-state index < -0.39 is 0 Å². The molecular formula is C19H21NO3. The molecule has 0 fully saturated rings. The Morgan fingerprint density at radius 2 is 2.04 bits per heavy atom. The fourth-order valence-electron chi connectivity index (χ4n) is 2.81. The molecule has 3 rings (SSSR count). The zero-order chi connectivity index (χ0) is 16.4. The minimum atomic E-state index is -0.330. The second kappa shape index (κ2) is 6.32. The zero-order valence-electron chi connectivity index (χ0n) is 13.7. The second-order valence-corrected chi connectivity index (χ2v) is 6.01. The summed E-state index contributed by atoms with van der Waals surface area (Å²) in [4.78, 5) is 13.8. The third-order valence-electron chi connectivity index (χ3n) is 3.95. The Balaban J connectivity index is 1.82. The van der Waals surface area contributed by atoms with Crippen LogP contribution in [-0.4, -0.2) is 24.1 Å². The maximum absolute atomic E-state index is 11.6. The Morgan fingerprint density at radius 3 is 2.78 bits per heavy atom. The molecule has 1 atom stereocenters. The monoisotopic (exact) mass is 311 g/mol. The first-order valence-corrected chi connectivity index (χ1v) is 7.82. The fourth-order valence-corrected chi connectivity index (χ4v) is 2.81. The summed E-state index contributed by atoms with van der Waals surface area (Å²) in [6.45, 7) is 7.67. The van der Waals surface area contributed by atoms with Gasteiger partial charge < -0.3 is 14.1 Å². The van der Waals surface area contributed by atoms with Crippen LogP contribution in [0.25, 0.3) is 11.0 Å². The van der Waals surface area contributed by atoms with Gasteiger partial charge in [-0.25, -0.2) is 4.79 Å². The topological polar surface area (TPSA) is 42.7 Å². The molecule has 0 saturated heterocycles. The van der Waals surface area contributed by atoms with Gasteiger partial charge in [0, 0.05) is 24.1 Å². The highest BCUT2D eigenvalue weighted by Crippen LogP contribution is 2.27. The number of hydrogen-bond acceptors (Lipinski definition) is 4. The van der Waals surface area contributed by atoms with Crippen molar-refractivity contribution in [2.24, 2.45) is 0 Å². The van der Waals surface area contributed by atoms with Gasteiger partial charge in [-0.2, -0.15) is 0 Å². The van der Waals surface area contributed by atoms with Crippen molar-refractivity contribution in [3.63, 3.8) is 0 Å². The Labute approximate surface area is 135 Å². The van der Waals surface area contributed by atoms with Crippen molar-refractivity contribution in [1.29, 1.82) is 0 Å². The predicted octanol–water partition coefficient (Wildman–Crippen LogP) is 3.56. The molecule has 0 N–H and O–H groups in total. The number of hydrogen-bond donors (Lipinski definition) is 0. The molecule has 1 aromatic heterocycles. The maximum Gasteiger partial charge on any atom is 0.336 e. The van der Waals surface area contributed by atoms with Crippen molar-refractivity contribution in [2.45, 2.75) is 26.9 Å². The van der Waals surface area contributed by atoms with E-state index >= 15 is 0 Å².